The van der Waals surface area contributed by atoms with Gasteiger partial charge < -0.3 is 5.11 Å². The lowest BCUT2D eigenvalue weighted by Crippen LogP contribution is -2.37. The number of hydrogen-bond donors (Lipinski definition) is 1. The van der Waals surface area contributed by atoms with E-state index in [9.17, 15) is 9.90 Å². The highest BCUT2D eigenvalue weighted by Crippen LogP contribution is 2.31. The normalized spacial score (nSPS) is 16.6. The summed E-state index contributed by atoms with van der Waals surface area (Å²) in [6.07, 6.45) is 0.945. The van der Waals surface area contributed by atoms with Gasteiger partial charge in [-0.3, -0.25) is 9.69 Å². The van der Waals surface area contributed by atoms with E-state index in [4.69, 9.17) is 0 Å². The molecule has 2 aromatic rings. The third-order valence-corrected chi connectivity index (χ3v) is 5.29. The van der Waals surface area contributed by atoms with Gasteiger partial charge in [0.05, 0.1) is 0 Å². The Morgan fingerprint density at radius 3 is 3.00 bits per heavy atom. The van der Waals surface area contributed by atoms with Crippen LogP contribution in [0.15, 0.2) is 35.7 Å². The van der Waals surface area contributed by atoms with Crippen LogP contribution in [0.3, 0.4) is 0 Å². The van der Waals surface area contributed by atoms with E-state index in [1.807, 2.05) is 24.3 Å². The second-order valence-electron chi connectivity index (χ2n) is 4.89. The molecule has 20 heavy (non-hydrogen) atoms. The number of carbonyl (C=O) groups is 1. The lowest BCUT2D eigenvalue weighted by molar-refractivity contribution is -0.144. The smallest absolute Gasteiger partial charge is 0.325 e. The Morgan fingerprint density at radius 2 is 2.25 bits per heavy atom. The molecule has 1 aromatic carbocycles. The van der Waals surface area contributed by atoms with Gasteiger partial charge in [-0.2, -0.15) is 0 Å². The first-order valence-electron chi connectivity index (χ1n) is 6.43. The summed E-state index contributed by atoms with van der Waals surface area (Å²) in [7, 11) is 0. The van der Waals surface area contributed by atoms with Gasteiger partial charge in [0.1, 0.15) is 6.04 Å². The molecule has 1 unspecified atom stereocenters. The maximum atomic E-state index is 11.7. The van der Waals surface area contributed by atoms with E-state index in [1.54, 1.807) is 11.3 Å². The van der Waals surface area contributed by atoms with Gasteiger partial charge in [-0.05, 0) is 63.7 Å². The van der Waals surface area contributed by atoms with E-state index in [-0.39, 0.29) is 0 Å². The van der Waals surface area contributed by atoms with E-state index in [0.29, 0.717) is 0 Å². The zero-order valence-corrected chi connectivity index (χ0v) is 13.7. The van der Waals surface area contributed by atoms with Crippen molar-refractivity contribution >= 4 is 39.9 Å². The number of carboxylic acid groups (broad SMARTS) is 1. The zero-order chi connectivity index (χ0) is 14.1. The highest BCUT2D eigenvalue weighted by molar-refractivity contribution is 14.1. The van der Waals surface area contributed by atoms with E-state index in [2.05, 4.69) is 38.9 Å². The van der Waals surface area contributed by atoms with Crippen molar-refractivity contribution < 1.29 is 9.90 Å². The molecule has 0 spiro atoms. The van der Waals surface area contributed by atoms with E-state index in [1.165, 1.54) is 10.4 Å². The number of nitrogens with zero attached hydrogens (tertiary/aromatic N) is 1. The number of hydrogen-bond acceptors (Lipinski definition) is 3. The zero-order valence-electron chi connectivity index (χ0n) is 10.8. The Labute approximate surface area is 135 Å². The molecule has 0 fully saturated rings. The van der Waals surface area contributed by atoms with Crippen LogP contribution in [0, 0.1) is 3.57 Å². The average Bonchev–Trinajstić information content (AvgIpc) is 2.86. The van der Waals surface area contributed by atoms with Gasteiger partial charge in [0.15, 0.2) is 0 Å². The molecular formula is C15H14INO2S. The average molecular weight is 399 g/mol. The minimum absolute atomic E-state index is 0.558. The van der Waals surface area contributed by atoms with Crippen LogP contribution in [-0.2, 0) is 17.8 Å². The quantitative estimate of drug-likeness (QED) is 0.803. The maximum absolute atomic E-state index is 11.7. The van der Waals surface area contributed by atoms with Crippen molar-refractivity contribution in [1.82, 2.24) is 4.90 Å². The number of rotatable bonds is 3. The minimum Gasteiger partial charge on any atom is -0.480 e. The fourth-order valence-electron chi connectivity index (χ4n) is 2.68. The molecule has 2 heterocycles. The molecule has 3 rings (SSSR count). The van der Waals surface area contributed by atoms with Gasteiger partial charge >= 0.3 is 5.97 Å². The Morgan fingerprint density at radius 1 is 1.40 bits per heavy atom. The van der Waals surface area contributed by atoms with Crippen LogP contribution in [0.2, 0.25) is 0 Å². The van der Waals surface area contributed by atoms with E-state index in [0.717, 1.165) is 28.6 Å². The predicted molar refractivity (Wildman–Crippen MR) is 88.0 cm³/mol. The molecule has 0 saturated heterocycles. The molecule has 1 aromatic heterocycles. The van der Waals surface area contributed by atoms with Crippen molar-refractivity contribution in [3.05, 3.63) is 55.3 Å². The molecule has 1 aliphatic rings. The lowest BCUT2D eigenvalue weighted by Gasteiger charge is -2.32. The molecular weight excluding hydrogens is 385 g/mol. The fraction of sp³-hybridized carbons (Fsp3) is 0.267. The maximum Gasteiger partial charge on any atom is 0.325 e. The highest BCUT2D eigenvalue weighted by Gasteiger charge is 2.30. The Kier molecular flexibility index (Phi) is 4.09. The van der Waals surface area contributed by atoms with Crippen molar-refractivity contribution in [1.29, 1.82) is 0 Å². The van der Waals surface area contributed by atoms with Gasteiger partial charge in [0.2, 0.25) is 0 Å². The number of thiophene rings is 1. The number of carboxylic acids is 1. The standard InChI is InChI=1S/C15H14INO2S/c16-12-3-1-2-10(8-12)14(15(18)19)17-6-4-13-11(9-17)5-7-20-13/h1-3,5,7-8,14H,4,6,9H2,(H,18,19). The monoisotopic (exact) mass is 399 g/mol. The Bertz CT molecular complexity index is 640. The summed E-state index contributed by atoms with van der Waals surface area (Å²) in [5, 5.41) is 11.7. The molecule has 0 aliphatic carbocycles. The molecule has 0 saturated carbocycles. The third-order valence-electron chi connectivity index (χ3n) is 3.60. The van der Waals surface area contributed by atoms with Gasteiger partial charge in [-0.1, -0.05) is 12.1 Å². The molecule has 3 nitrogen and oxygen atoms in total. The predicted octanol–water partition coefficient (Wildman–Crippen LogP) is 3.54. The van der Waals surface area contributed by atoms with Crippen LogP contribution in [-0.4, -0.2) is 22.5 Å². The molecule has 0 radical (unpaired) electrons. The Balaban J connectivity index is 1.91. The minimum atomic E-state index is -0.773. The van der Waals surface area contributed by atoms with Crippen LogP contribution < -0.4 is 0 Å². The first-order valence-corrected chi connectivity index (χ1v) is 8.38. The first kappa shape index (κ1) is 14.0. The molecule has 1 N–H and O–H groups in total. The summed E-state index contributed by atoms with van der Waals surface area (Å²) in [5.41, 5.74) is 2.14. The van der Waals surface area contributed by atoms with Crippen molar-refractivity contribution in [3.63, 3.8) is 0 Å². The van der Waals surface area contributed by atoms with Gasteiger partial charge in [0, 0.05) is 21.5 Å². The molecule has 1 aliphatic heterocycles. The van der Waals surface area contributed by atoms with Crippen molar-refractivity contribution in [2.45, 2.75) is 19.0 Å². The summed E-state index contributed by atoms with van der Waals surface area (Å²) >= 11 is 3.99. The van der Waals surface area contributed by atoms with Gasteiger partial charge in [0.25, 0.3) is 0 Å². The summed E-state index contributed by atoms with van der Waals surface area (Å²) in [4.78, 5) is 15.2. The largest absolute Gasteiger partial charge is 0.480 e. The SMILES string of the molecule is O=C(O)C(c1cccc(I)c1)N1CCc2sccc2C1. The summed E-state index contributed by atoms with van der Waals surface area (Å²) in [6, 6.07) is 9.33. The van der Waals surface area contributed by atoms with Crippen LogP contribution in [0.1, 0.15) is 22.0 Å². The topological polar surface area (TPSA) is 40.5 Å². The van der Waals surface area contributed by atoms with Gasteiger partial charge in [-0.15, -0.1) is 11.3 Å². The molecule has 0 amide bonds. The van der Waals surface area contributed by atoms with Crippen LogP contribution in [0.25, 0.3) is 0 Å². The van der Waals surface area contributed by atoms with Crippen molar-refractivity contribution in [3.8, 4) is 0 Å². The number of aliphatic carboxylic acids is 1. The number of fused-ring (bicyclic) bond motifs is 1. The lowest BCUT2D eigenvalue weighted by atomic mass is 10.0. The summed E-state index contributed by atoms with van der Waals surface area (Å²) in [6.45, 7) is 1.53. The first-order chi connectivity index (χ1) is 9.65. The molecule has 0 bridgehead atoms. The van der Waals surface area contributed by atoms with Crippen LogP contribution in [0.5, 0.6) is 0 Å². The van der Waals surface area contributed by atoms with Crippen LogP contribution in [0.4, 0.5) is 0 Å². The number of halogens is 1. The molecule has 1 atom stereocenters. The van der Waals surface area contributed by atoms with Gasteiger partial charge in [-0.25, -0.2) is 0 Å². The Hall–Kier alpha value is -0.920. The fourth-order valence-corrected chi connectivity index (χ4v) is 4.13. The van der Waals surface area contributed by atoms with Crippen molar-refractivity contribution in [2.75, 3.05) is 6.54 Å². The molecule has 104 valence electrons. The molecule has 5 heteroatoms. The summed E-state index contributed by atoms with van der Waals surface area (Å²) in [5.74, 6) is -0.773. The number of benzene rings is 1. The highest BCUT2D eigenvalue weighted by atomic mass is 127. The third kappa shape index (κ3) is 2.75. The van der Waals surface area contributed by atoms with Crippen LogP contribution >= 0.6 is 33.9 Å². The van der Waals surface area contributed by atoms with E-state index < -0.39 is 12.0 Å². The van der Waals surface area contributed by atoms with Crippen molar-refractivity contribution in [2.24, 2.45) is 0 Å². The van der Waals surface area contributed by atoms with E-state index >= 15 is 0 Å². The summed E-state index contributed by atoms with van der Waals surface area (Å²) < 4.78 is 1.07. The second kappa shape index (κ2) is 5.83. The second-order valence-corrected chi connectivity index (χ2v) is 7.13.